The SMILES string of the molecule is c1ccc(-c2nc(-c3cccc(-c4cccc5c4oc4ccccc45)c3)cc(-c3cccc4c3C(c3ccccc3)(c3ccccc3)c3ccccc3-4)n2)cc1. The van der Waals surface area contributed by atoms with Gasteiger partial charge in [0.1, 0.15) is 11.2 Å². The van der Waals surface area contributed by atoms with E-state index in [1.165, 1.54) is 33.4 Å². The van der Waals surface area contributed by atoms with Crippen LogP contribution in [0.1, 0.15) is 22.3 Å². The van der Waals surface area contributed by atoms with E-state index in [9.17, 15) is 0 Å². The molecule has 0 atom stereocenters. The molecular weight excluding hydrogens is 681 g/mol. The maximum atomic E-state index is 6.47. The summed E-state index contributed by atoms with van der Waals surface area (Å²) >= 11 is 0. The van der Waals surface area contributed by atoms with Crippen molar-refractivity contribution in [3.05, 3.63) is 229 Å². The summed E-state index contributed by atoms with van der Waals surface area (Å²) < 4.78 is 6.47. The monoisotopic (exact) mass is 714 g/mol. The predicted molar refractivity (Wildman–Crippen MR) is 228 cm³/mol. The highest BCUT2D eigenvalue weighted by atomic mass is 16.3. The Hall–Kier alpha value is -7.36. The Labute approximate surface area is 325 Å². The zero-order chi connectivity index (χ0) is 37.1. The first kappa shape index (κ1) is 32.1. The summed E-state index contributed by atoms with van der Waals surface area (Å²) in [6.07, 6.45) is 0. The van der Waals surface area contributed by atoms with Crippen LogP contribution >= 0.6 is 0 Å². The van der Waals surface area contributed by atoms with Crippen LogP contribution < -0.4 is 0 Å². The van der Waals surface area contributed by atoms with E-state index >= 15 is 0 Å². The number of benzene rings is 8. The molecule has 2 heterocycles. The molecule has 56 heavy (non-hydrogen) atoms. The summed E-state index contributed by atoms with van der Waals surface area (Å²) in [6.45, 7) is 0. The van der Waals surface area contributed by atoms with Crippen LogP contribution in [-0.4, -0.2) is 9.97 Å². The molecule has 0 amide bonds. The first-order valence-corrected chi connectivity index (χ1v) is 19.1. The Morgan fingerprint density at radius 3 is 1.73 bits per heavy atom. The van der Waals surface area contributed by atoms with Gasteiger partial charge < -0.3 is 4.42 Å². The summed E-state index contributed by atoms with van der Waals surface area (Å²) in [5.41, 5.74) is 15.5. The first-order chi connectivity index (χ1) is 27.8. The third-order valence-corrected chi connectivity index (χ3v) is 11.4. The molecule has 10 aromatic rings. The molecule has 11 rings (SSSR count). The second kappa shape index (κ2) is 12.9. The third kappa shape index (κ3) is 4.91. The van der Waals surface area contributed by atoms with Crippen LogP contribution in [0.4, 0.5) is 0 Å². The highest BCUT2D eigenvalue weighted by Crippen LogP contribution is 2.58. The second-order valence-electron chi connectivity index (χ2n) is 14.4. The number of hydrogen-bond acceptors (Lipinski definition) is 3. The Kier molecular flexibility index (Phi) is 7.39. The fourth-order valence-electron chi connectivity index (χ4n) is 8.99. The number of furan rings is 1. The van der Waals surface area contributed by atoms with E-state index in [1.54, 1.807) is 0 Å². The molecule has 0 fully saturated rings. The van der Waals surface area contributed by atoms with Crippen LogP contribution in [0.2, 0.25) is 0 Å². The molecule has 1 aliphatic carbocycles. The number of para-hydroxylation sites is 2. The van der Waals surface area contributed by atoms with Gasteiger partial charge in [-0.25, -0.2) is 9.97 Å². The van der Waals surface area contributed by atoms with Gasteiger partial charge in [0.25, 0.3) is 0 Å². The van der Waals surface area contributed by atoms with Crippen molar-refractivity contribution in [2.75, 3.05) is 0 Å². The normalized spacial score (nSPS) is 12.8. The number of hydrogen-bond donors (Lipinski definition) is 0. The zero-order valence-electron chi connectivity index (χ0n) is 30.4. The molecule has 2 aromatic heterocycles. The number of nitrogens with zero attached hydrogens (tertiary/aromatic N) is 2. The van der Waals surface area contributed by atoms with Crippen LogP contribution in [0.3, 0.4) is 0 Å². The molecule has 0 bridgehead atoms. The second-order valence-corrected chi connectivity index (χ2v) is 14.4. The van der Waals surface area contributed by atoms with Gasteiger partial charge in [0.05, 0.1) is 16.8 Å². The van der Waals surface area contributed by atoms with Gasteiger partial charge in [-0.2, -0.15) is 0 Å². The molecule has 0 saturated heterocycles. The molecule has 3 nitrogen and oxygen atoms in total. The maximum absolute atomic E-state index is 6.47. The highest BCUT2D eigenvalue weighted by molar-refractivity contribution is 6.09. The van der Waals surface area contributed by atoms with Gasteiger partial charge in [-0.05, 0) is 57.1 Å². The van der Waals surface area contributed by atoms with Crippen LogP contribution in [-0.2, 0) is 5.41 Å². The van der Waals surface area contributed by atoms with Gasteiger partial charge >= 0.3 is 0 Å². The van der Waals surface area contributed by atoms with Gasteiger partial charge in [-0.1, -0.05) is 188 Å². The maximum Gasteiger partial charge on any atom is 0.160 e. The van der Waals surface area contributed by atoms with Gasteiger partial charge in [0, 0.05) is 33.0 Å². The lowest BCUT2D eigenvalue weighted by Gasteiger charge is -2.35. The quantitative estimate of drug-likeness (QED) is 0.172. The van der Waals surface area contributed by atoms with Crippen molar-refractivity contribution in [1.29, 1.82) is 0 Å². The predicted octanol–water partition coefficient (Wildman–Crippen LogP) is 13.4. The summed E-state index contributed by atoms with van der Waals surface area (Å²) in [4.78, 5) is 10.7. The van der Waals surface area contributed by atoms with Crippen molar-refractivity contribution < 1.29 is 4.42 Å². The average Bonchev–Trinajstić information content (AvgIpc) is 3.82. The van der Waals surface area contributed by atoms with Crippen LogP contribution in [0.15, 0.2) is 211 Å². The molecule has 3 heteroatoms. The lowest BCUT2D eigenvalue weighted by atomic mass is 9.66. The fraction of sp³-hybridized carbons (Fsp3) is 0.0189. The first-order valence-electron chi connectivity index (χ1n) is 19.1. The number of fused-ring (bicyclic) bond motifs is 6. The van der Waals surface area contributed by atoms with Crippen molar-refractivity contribution in [2.24, 2.45) is 0 Å². The van der Waals surface area contributed by atoms with Gasteiger partial charge in [0.2, 0.25) is 0 Å². The summed E-state index contributed by atoms with van der Waals surface area (Å²) in [5.74, 6) is 0.682. The van der Waals surface area contributed by atoms with Crippen LogP contribution in [0.5, 0.6) is 0 Å². The molecule has 0 aliphatic heterocycles. The molecule has 8 aromatic carbocycles. The van der Waals surface area contributed by atoms with E-state index in [1.807, 2.05) is 30.3 Å². The smallest absolute Gasteiger partial charge is 0.160 e. The summed E-state index contributed by atoms with van der Waals surface area (Å²) in [7, 11) is 0. The minimum absolute atomic E-state index is 0.575. The largest absolute Gasteiger partial charge is 0.455 e. The molecule has 0 N–H and O–H groups in total. The molecule has 0 spiro atoms. The van der Waals surface area contributed by atoms with E-state index in [4.69, 9.17) is 14.4 Å². The summed E-state index contributed by atoms with van der Waals surface area (Å²) in [6, 6.07) is 73.2. The van der Waals surface area contributed by atoms with E-state index in [0.29, 0.717) is 5.82 Å². The van der Waals surface area contributed by atoms with Crippen molar-refractivity contribution >= 4 is 21.9 Å². The lowest BCUT2D eigenvalue weighted by molar-refractivity contribution is 0.670. The van der Waals surface area contributed by atoms with E-state index < -0.39 is 5.41 Å². The van der Waals surface area contributed by atoms with Gasteiger partial charge in [-0.3, -0.25) is 0 Å². The molecule has 1 aliphatic rings. The fourth-order valence-corrected chi connectivity index (χ4v) is 8.99. The van der Waals surface area contributed by atoms with Gasteiger partial charge in [0.15, 0.2) is 5.82 Å². The third-order valence-electron chi connectivity index (χ3n) is 11.4. The molecule has 0 unspecified atom stereocenters. The number of aromatic nitrogens is 2. The Morgan fingerprint density at radius 2 is 0.929 bits per heavy atom. The summed E-state index contributed by atoms with van der Waals surface area (Å²) in [5, 5.41) is 2.23. The van der Waals surface area contributed by atoms with Crippen molar-refractivity contribution in [3.8, 4) is 56.2 Å². The Balaban J connectivity index is 1.16. The molecular formula is C53H34N2O. The Bertz CT molecular complexity index is 3040. The standard InChI is InChI=1S/C53H34N2O/c1-4-17-35(18-5-1)52-54-47(37-20-14-19-36(33-37)40-27-15-29-44-42-26-11-13-32-49(42)56-51(40)44)34-48(55-52)45-30-16-28-43-41-25-10-12-31-46(41)53(50(43)45,38-21-6-2-7-22-38)39-23-8-3-9-24-39/h1-34H. The molecule has 0 saturated carbocycles. The van der Waals surface area contributed by atoms with E-state index in [2.05, 4.69) is 176 Å². The van der Waals surface area contributed by atoms with Crippen molar-refractivity contribution in [1.82, 2.24) is 9.97 Å². The van der Waals surface area contributed by atoms with Crippen LogP contribution in [0, 0.1) is 0 Å². The van der Waals surface area contributed by atoms with E-state index in [0.717, 1.165) is 61.1 Å². The molecule has 0 radical (unpaired) electrons. The highest BCUT2D eigenvalue weighted by Gasteiger charge is 2.47. The van der Waals surface area contributed by atoms with Crippen molar-refractivity contribution in [2.45, 2.75) is 5.41 Å². The topological polar surface area (TPSA) is 38.9 Å². The number of rotatable bonds is 6. The zero-order valence-corrected chi connectivity index (χ0v) is 30.4. The minimum Gasteiger partial charge on any atom is -0.455 e. The molecule has 262 valence electrons. The van der Waals surface area contributed by atoms with Gasteiger partial charge in [-0.15, -0.1) is 0 Å². The Morgan fingerprint density at radius 1 is 0.375 bits per heavy atom. The average molecular weight is 715 g/mol. The van der Waals surface area contributed by atoms with Crippen LogP contribution in [0.25, 0.3) is 78.1 Å². The van der Waals surface area contributed by atoms with E-state index in [-0.39, 0.29) is 0 Å². The minimum atomic E-state index is -0.575. The van der Waals surface area contributed by atoms with Crippen molar-refractivity contribution in [3.63, 3.8) is 0 Å². The lowest BCUT2D eigenvalue weighted by Crippen LogP contribution is -2.29.